The number of morpholine rings is 1. The second-order valence-electron chi connectivity index (χ2n) is 4.29. The Kier molecular flexibility index (Phi) is 6.22. The maximum Gasteiger partial charge on any atom is 0.187 e. The van der Waals surface area contributed by atoms with Gasteiger partial charge < -0.3 is 15.0 Å². The first-order valence-corrected chi connectivity index (χ1v) is 7.70. The fourth-order valence-corrected chi connectivity index (χ4v) is 2.58. The number of hydrogen-bond acceptors (Lipinski definition) is 4. The number of quaternary nitrogens is 1. The number of hydrazone groups is 1. The van der Waals surface area contributed by atoms with E-state index >= 15 is 0 Å². The fraction of sp³-hybridized carbons (Fsp3) is 0.500. The lowest BCUT2D eigenvalue weighted by Gasteiger charge is -2.23. The van der Waals surface area contributed by atoms with E-state index in [1.807, 2.05) is 16.8 Å². The zero-order valence-corrected chi connectivity index (χ0v) is 12.4. The monoisotopic (exact) mass is 299 g/mol. The zero-order chi connectivity index (χ0) is 13.3. The van der Waals surface area contributed by atoms with Crippen molar-refractivity contribution in [2.75, 3.05) is 39.4 Å². The fourth-order valence-electron chi connectivity index (χ4n) is 1.82. The van der Waals surface area contributed by atoms with Crippen LogP contribution in [0.3, 0.4) is 0 Å². The van der Waals surface area contributed by atoms with Crippen molar-refractivity contribution in [1.29, 1.82) is 0 Å². The lowest BCUT2D eigenvalue weighted by molar-refractivity contribution is -0.906. The largest absolute Gasteiger partial charge is 0.370 e. The molecule has 0 amide bonds. The van der Waals surface area contributed by atoms with E-state index in [1.165, 1.54) is 0 Å². The van der Waals surface area contributed by atoms with Crippen molar-refractivity contribution in [1.82, 2.24) is 10.7 Å². The third-order valence-corrected chi connectivity index (χ3v) is 3.82. The zero-order valence-electron chi connectivity index (χ0n) is 10.7. The molecule has 0 unspecified atom stereocenters. The molecule has 1 aliphatic heterocycles. The van der Waals surface area contributed by atoms with E-state index in [9.17, 15) is 0 Å². The van der Waals surface area contributed by atoms with Crippen LogP contribution in [-0.2, 0) is 4.74 Å². The summed E-state index contributed by atoms with van der Waals surface area (Å²) in [5.41, 5.74) is 3.90. The molecular weight excluding hydrogens is 280 g/mol. The van der Waals surface area contributed by atoms with Crippen LogP contribution in [0.5, 0.6) is 0 Å². The maximum atomic E-state index is 5.32. The van der Waals surface area contributed by atoms with Crippen LogP contribution in [0.25, 0.3) is 0 Å². The van der Waals surface area contributed by atoms with Crippen molar-refractivity contribution in [3.63, 3.8) is 0 Å². The van der Waals surface area contributed by atoms with Gasteiger partial charge in [0.15, 0.2) is 5.11 Å². The summed E-state index contributed by atoms with van der Waals surface area (Å²) in [5.74, 6) is 0. The van der Waals surface area contributed by atoms with Crippen molar-refractivity contribution in [2.24, 2.45) is 5.10 Å². The molecule has 0 saturated carbocycles. The molecule has 1 aromatic heterocycles. The second kappa shape index (κ2) is 8.21. The number of ether oxygens (including phenoxy) is 1. The highest BCUT2D eigenvalue weighted by atomic mass is 32.1. The average molecular weight is 299 g/mol. The van der Waals surface area contributed by atoms with Gasteiger partial charge in [-0.25, -0.2) is 0 Å². The minimum atomic E-state index is 0.569. The van der Waals surface area contributed by atoms with Crippen molar-refractivity contribution < 1.29 is 9.64 Å². The first kappa shape index (κ1) is 14.4. The van der Waals surface area contributed by atoms with Gasteiger partial charge in [-0.2, -0.15) is 16.4 Å². The van der Waals surface area contributed by atoms with Crippen LogP contribution in [0, 0.1) is 0 Å². The third kappa shape index (κ3) is 5.65. The van der Waals surface area contributed by atoms with Crippen LogP contribution in [0.4, 0.5) is 0 Å². The quantitative estimate of drug-likeness (QED) is 0.388. The lowest BCUT2D eigenvalue weighted by atomic mass is 10.4. The molecule has 2 heterocycles. The number of hydrogen-bond donors (Lipinski definition) is 3. The minimum Gasteiger partial charge on any atom is -0.370 e. The Bertz CT molecular complexity index is 402. The van der Waals surface area contributed by atoms with Gasteiger partial charge in [0.2, 0.25) is 0 Å². The van der Waals surface area contributed by atoms with E-state index in [2.05, 4.69) is 15.8 Å². The average Bonchev–Trinajstić information content (AvgIpc) is 2.93. The summed E-state index contributed by atoms with van der Waals surface area (Å²) in [6, 6.07) is 2.01. The molecule has 19 heavy (non-hydrogen) atoms. The van der Waals surface area contributed by atoms with E-state index in [4.69, 9.17) is 17.0 Å². The van der Waals surface area contributed by atoms with Gasteiger partial charge in [-0.3, -0.25) is 5.43 Å². The third-order valence-electron chi connectivity index (χ3n) is 2.89. The van der Waals surface area contributed by atoms with Crippen molar-refractivity contribution in [2.45, 2.75) is 0 Å². The molecule has 1 saturated heterocycles. The Morgan fingerprint density at radius 3 is 3.11 bits per heavy atom. The SMILES string of the molecule is S=C(NCC[NH+]1CCOCC1)N/N=C\c1ccsc1. The smallest absolute Gasteiger partial charge is 0.187 e. The standard InChI is InChI=1S/C12H18N4OS2/c18-12(15-14-9-11-1-8-19-10-11)13-2-3-16-4-6-17-7-5-16/h1,8-10H,2-7H2,(H2,13,15,18)/p+1/b14-9-. The van der Waals surface area contributed by atoms with Crippen LogP contribution < -0.4 is 15.6 Å². The van der Waals surface area contributed by atoms with Crippen LogP contribution in [0.1, 0.15) is 5.56 Å². The molecule has 2 rings (SSSR count). The highest BCUT2D eigenvalue weighted by Crippen LogP contribution is 2.01. The van der Waals surface area contributed by atoms with Gasteiger partial charge in [0.05, 0.1) is 32.5 Å². The first-order valence-electron chi connectivity index (χ1n) is 6.35. The van der Waals surface area contributed by atoms with Gasteiger partial charge >= 0.3 is 0 Å². The summed E-state index contributed by atoms with van der Waals surface area (Å²) in [4.78, 5) is 1.56. The van der Waals surface area contributed by atoms with Crippen LogP contribution in [0.15, 0.2) is 21.9 Å². The van der Waals surface area contributed by atoms with Crippen molar-refractivity contribution >= 4 is 34.9 Å². The van der Waals surface area contributed by atoms with Gasteiger partial charge in [0.1, 0.15) is 13.1 Å². The van der Waals surface area contributed by atoms with Crippen LogP contribution >= 0.6 is 23.6 Å². The maximum absolute atomic E-state index is 5.32. The Morgan fingerprint density at radius 1 is 1.53 bits per heavy atom. The van der Waals surface area contributed by atoms with E-state index in [-0.39, 0.29) is 0 Å². The number of nitrogens with zero attached hydrogens (tertiary/aromatic N) is 1. The molecule has 0 spiro atoms. The molecule has 0 atom stereocenters. The summed E-state index contributed by atoms with van der Waals surface area (Å²) in [6.45, 7) is 5.80. The van der Waals surface area contributed by atoms with Gasteiger partial charge in [-0.15, -0.1) is 0 Å². The molecule has 104 valence electrons. The normalized spacial score (nSPS) is 16.6. The highest BCUT2D eigenvalue weighted by Gasteiger charge is 2.12. The Labute approximate surface area is 122 Å². The molecule has 1 fully saturated rings. The summed E-state index contributed by atoms with van der Waals surface area (Å²) >= 11 is 6.80. The number of rotatable bonds is 5. The summed E-state index contributed by atoms with van der Waals surface area (Å²) in [7, 11) is 0. The molecule has 0 radical (unpaired) electrons. The number of thiocarbonyl (C=S) groups is 1. The molecule has 5 nitrogen and oxygen atoms in total. The summed E-state index contributed by atoms with van der Waals surface area (Å²) in [5, 5.41) is 11.9. The van der Waals surface area contributed by atoms with Crippen molar-refractivity contribution in [3.05, 3.63) is 22.4 Å². The second-order valence-corrected chi connectivity index (χ2v) is 5.48. The predicted octanol–water partition coefficient (Wildman–Crippen LogP) is -0.539. The molecule has 0 aromatic carbocycles. The summed E-state index contributed by atoms with van der Waals surface area (Å²) in [6.07, 6.45) is 1.76. The summed E-state index contributed by atoms with van der Waals surface area (Å²) < 4.78 is 5.32. The number of nitrogens with one attached hydrogen (secondary N) is 3. The molecule has 7 heteroatoms. The van der Waals surface area contributed by atoms with Gasteiger partial charge in [-0.1, -0.05) is 0 Å². The highest BCUT2D eigenvalue weighted by molar-refractivity contribution is 7.80. The van der Waals surface area contributed by atoms with Gasteiger partial charge in [0, 0.05) is 5.56 Å². The predicted molar refractivity (Wildman–Crippen MR) is 82.0 cm³/mol. The minimum absolute atomic E-state index is 0.569. The van der Waals surface area contributed by atoms with Gasteiger partial charge in [-0.05, 0) is 29.0 Å². The topological polar surface area (TPSA) is 50.1 Å². The molecule has 1 aromatic rings. The van der Waals surface area contributed by atoms with Crippen LogP contribution in [0.2, 0.25) is 0 Å². The first-order chi connectivity index (χ1) is 9.34. The van der Waals surface area contributed by atoms with E-state index in [0.29, 0.717) is 5.11 Å². The van der Waals surface area contributed by atoms with Crippen molar-refractivity contribution in [3.8, 4) is 0 Å². The molecule has 3 N–H and O–H groups in total. The molecule has 1 aliphatic rings. The van der Waals surface area contributed by atoms with E-state index < -0.39 is 0 Å². The van der Waals surface area contributed by atoms with E-state index in [1.54, 1.807) is 22.5 Å². The van der Waals surface area contributed by atoms with E-state index in [0.717, 1.165) is 45.0 Å². The van der Waals surface area contributed by atoms with Gasteiger partial charge in [0.25, 0.3) is 0 Å². The lowest BCUT2D eigenvalue weighted by Crippen LogP contribution is -3.14. The Hall–Kier alpha value is -1.02. The Morgan fingerprint density at radius 2 is 2.37 bits per heavy atom. The molecular formula is C12H19N4OS2+. The molecule has 0 bridgehead atoms. The number of thiophene rings is 1. The molecule has 0 aliphatic carbocycles. The van der Waals surface area contributed by atoms with Crippen LogP contribution in [-0.4, -0.2) is 50.7 Å². The Balaban J connectivity index is 1.56.